The summed E-state index contributed by atoms with van der Waals surface area (Å²) in [5, 5.41) is 2.99. The van der Waals surface area contributed by atoms with Crippen LogP contribution >= 0.6 is 0 Å². The number of rotatable bonds is 23. The van der Waals surface area contributed by atoms with Gasteiger partial charge in [0.2, 0.25) is 5.91 Å². The molecular weight excluding hydrogens is 394 g/mol. The summed E-state index contributed by atoms with van der Waals surface area (Å²) in [4.78, 5) is 11.9. The van der Waals surface area contributed by atoms with E-state index >= 15 is 0 Å². The summed E-state index contributed by atoms with van der Waals surface area (Å²) >= 11 is 0. The van der Waals surface area contributed by atoms with Crippen molar-refractivity contribution < 1.29 is 18.1 Å². The largest absolute Gasteiger partial charge is 0.500 e. The third kappa shape index (κ3) is 17.3. The highest BCUT2D eigenvalue weighted by molar-refractivity contribution is 6.60. The summed E-state index contributed by atoms with van der Waals surface area (Å²) in [5.74, 6) is 0.157. The minimum atomic E-state index is -2.50. The molecule has 0 radical (unpaired) electrons. The molecule has 1 amide bonds. The molecule has 0 spiro atoms. The Hall–Kier alpha value is -0.433. The lowest BCUT2D eigenvalue weighted by Gasteiger charge is -2.24. The molecule has 30 heavy (non-hydrogen) atoms. The van der Waals surface area contributed by atoms with Crippen LogP contribution in [0.5, 0.6) is 0 Å². The molecule has 0 saturated heterocycles. The van der Waals surface area contributed by atoms with Gasteiger partial charge in [-0.25, -0.2) is 0 Å². The van der Waals surface area contributed by atoms with E-state index in [4.69, 9.17) is 13.3 Å². The third-order valence-electron chi connectivity index (χ3n) is 5.92. The smallest absolute Gasteiger partial charge is 0.377 e. The first-order chi connectivity index (χ1) is 14.6. The van der Waals surface area contributed by atoms with Gasteiger partial charge in [-0.1, -0.05) is 96.8 Å². The van der Waals surface area contributed by atoms with Gasteiger partial charge in [-0.15, -0.1) is 0 Å². The van der Waals surface area contributed by atoms with Gasteiger partial charge in [0, 0.05) is 40.3 Å². The van der Waals surface area contributed by atoms with Gasteiger partial charge in [-0.3, -0.25) is 4.79 Å². The molecule has 0 fully saturated rings. The number of carbonyl (C=O) groups excluding carboxylic acids is 1. The second-order valence-electron chi connectivity index (χ2n) is 8.45. The van der Waals surface area contributed by atoms with Crippen molar-refractivity contribution in [2.24, 2.45) is 0 Å². The molecular formula is C24H51NO4Si. The average Bonchev–Trinajstić information content (AvgIpc) is 2.77. The monoisotopic (exact) mass is 445 g/mol. The molecule has 0 aliphatic heterocycles. The Morgan fingerprint density at radius 1 is 0.633 bits per heavy atom. The van der Waals surface area contributed by atoms with Crippen LogP contribution < -0.4 is 5.32 Å². The van der Waals surface area contributed by atoms with Gasteiger partial charge in [0.1, 0.15) is 0 Å². The van der Waals surface area contributed by atoms with Crippen molar-refractivity contribution in [3.05, 3.63) is 0 Å². The van der Waals surface area contributed by atoms with Crippen LogP contribution in [-0.4, -0.2) is 42.6 Å². The van der Waals surface area contributed by atoms with Crippen LogP contribution in [0, 0.1) is 0 Å². The van der Waals surface area contributed by atoms with Crippen LogP contribution in [0.2, 0.25) is 6.04 Å². The van der Waals surface area contributed by atoms with Crippen molar-refractivity contribution in [2.45, 2.75) is 122 Å². The average molecular weight is 446 g/mol. The SMILES string of the molecule is CCCCCCCCCCCCCCCCCC(=O)NCCC[Si](OC)(OC)OC. The quantitative estimate of drug-likeness (QED) is 0.142. The lowest BCUT2D eigenvalue weighted by molar-refractivity contribution is -0.121. The second kappa shape index (κ2) is 21.8. The maximum atomic E-state index is 11.9. The lowest BCUT2D eigenvalue weighted by atomic mass is 10.0. The van der Waals surface area contributed by atoms with E-state index in [-0.39, 0.29) is 5.91 Å². The molecule has 0 rings (SSSR count). The van der Waals surface area contributed by atoms with Gasteiger partial charge in [0.15, 0.2) is 0 Å². The minimum Gasteiger partial charge on any atom is -0.377 e. The maximum absolute atomic E-state index is 11.9. The van der Waals surface area contributed by atoms with Crippen LogP contribution in [0.3, 0.4) is 0 Å². The van der Waals surface area contributed by atoms with Gasteiger partial charge in [-0.05, 0) is 12.8 Å². The Morgan fingerprint density at radius 2 is 1.03 bits per heavy atom. The van der Waals surface area contributed by atoms with Gasteiger partial charge in [0.05, 0.1) is 0 Å². The van der Waals surface area contributed by atoms with Crippen LogP contribution in [0.4, 0.5) is 0 Å². The summed E-state index contributed by atoms with van der Waals surface area (Å²) in [7, 11) is 2.35. The molecule has 0 saturated carbocycles. The highest BCUT2D eigenvalue weighted by Crippen LogP contribution is 2.15. The maximum Gasteiger partial charge on any atom is 0.500 e. The zero-order valence-electron chi connectivity index (χ0n) is 20.6. The first-order valence-corrected chi connectivity index (χ1v) is 14.5. The first kappa shape index (κ1) is 29.6. The van der Waals surface area contributed by atoms with Crippen LogP contribution in [0.1, 0.15) is 116 Å². The number of hydrogen-bond donors (Lipinski definition) is 1. The molecule has 5 nitrogen and oxygen atoms in total. The van der Waals surface area contributed by atoms with Crippen LogP contribution in [0.15, 0.2) is 0 Å². The van der Waals surface area contributed by atoms with E-state index in [1.165, 1.54) is 83.5 Å². The van der Waals surface area contributed by atoms with E-state index in [1.807, 2.05) is 0 Å². The van der Waals surface area contributed by atoms with Crippen molar-refractivity contribution in [1.82, 2.24) is 5.32 Å². The van der Waals surface area contributed by atoms with Crippen molar-refractivity contribution in [3.8, 4) is 0 Å². The predicted molar refractivity (Wildman–Crippen MR) is 129 cm³/mol. The highest BCUT2D eigenvalue weighted by Gasteiger charge is 2.36. The molecule has 0 aromatic heterocycles. The van der Waals surface area contributed by atoms with Gasteiger partial charge in [0.25, 0.3) is 0 Å². The topological polar surface area (TPSA) is 56.8 Å². The Morgan fingerprint density at radius 3 is 1.43 bits per heavy atom. The summed E-state index contributed by atoms with van der Waals surface area (Å²) in [6.07, 6.45) is 21.6. The molecule has 0 aromatic carbocycles. The fourth-order valence-electron chi connectivity index (χ4n) is 3.83. The summed E-state index contributed by atoms with van der Waals surface area (Å²) in [6, 6.07) is 0.718. The Labute approximate surface area is 188 Å². The van der Waals surface area contributed by atoms with Gasteiger partial charge in [-0.2, -0.15) is 0 Å². The summed E-state index contributed by atoms with van der Waals surface area (Å²) in [6.45, 7) is 2.93. The summed E-state index contributed by atoms with van der Waals surface area (Å²) in [5.41, 5.74) is 0. The zero-order valence-corrected chi connectivity index (χ0v) is 21.6. The van der Waals surface area contributed by atoms with Crippen LogP contribution in [-0.2, 0) is 18.1 Å². The fraction of sp³-hybridized carbons (Fsp3) is 0.958. The summed E-state index contributed by atoms with van der Waals surface area (Å²) < 4.78 is 16.2. The molecule has 1 N–H and O–H groups in total. The number of unbranched alkanes of at least 4 members (excludes halogenated alkanes) is 14. The highest BCUT2D eigenvalue weighted by atomic mass is 28.4. The first-order valence-electron chi connectivity index (χ1n) is 12.6. The molecule has 0 bridgehead atoms. The standard InChI is InChI=1S/C24H51NO4Si/c1-5-6-7-8-9-10-11-12-13-14-15-16-17-18-19-21-24(26)25-22-20-23-30(27-2,28-3)29-4/h5-23H2,1-4H3,(H,25,26). The van der Waals surface area contributed by atoms with Crippen molar-refractivity contribution in [3.63, 3.8) is 0 Å². The lowest BCUT2D eigenvalue weighted by Crippen LogP contribution is -2.43. The van der Waals surface area contributed by atoms with Crippen molar-refractivity contribution >= 4 is 14.7 Å². The Bertz CT molecular complexity index is 370. The molecule has 0 unspecified atom stereocenters. The Balaban J connectivity index is 3.34. The molecule has 0 aliphatic rings. The molecule has 6 heteroatoms. The third-order valence-corrected chi connectivity index (χ3v) is 8.75. The van der Waals surface area contributed by atoms with E-state index in [1.54, 1.807) is 21.3 Å². The van der Waals surface area contributed by atoms with E-state index in [0.717, 1.165) is 25.3 Å². The number of nitrogens with one attached hydrogen (secondary N) is 1. The molecule has 0 atom stereocenters. The molecule has 0 aromatic rings. The van der Waals surface area contributed by atoms with Crippen LogP contribution in [0.25, 0.3) is 0 Å². The Kier molecular flexibility index (Phi) is 21.5. The molecule has 180 valence electrons. The van der Waals surface area contributed by atoms with Crippen molar-refractivity contribution in [1.29, 1.82) is 0 Å². The van der Waals surface area contributed by atoms with Gasteiger partial charge < -0.3 is 18.6 Å². The second-order valence-corrected chi connectivity index (χ2v) is 11.5. The number of carbonyl (C=O) groups is 1. The van der Waals surface area contributed by atoms with Gasteiger partial charge >= 0.3 is 8.80 Å². The minimum absolute atomic E-state index is 0.157. The van der Waals surface area contributed by atoms with E-state index in [0.29, 0.717) is 13.0 Å². The van der Waals surface area contributed by atoms with E-state index < -0.39 is 8.80 Å². The predicted octanol–water partition coefficient (Wildman–Crippen LogP) is 6.63. The molecule has 0 aliphatic carbocycles. The zero-order chi connectivity index (χ0) is 22.3. The normalized spacial score (nSPS) is 11.7. The number of hydrogen-bond acceptors (Lipinski definition) is 4. The van der Waals surface area contributed by atoms with E-state index in [9.17, 15) is 4.79 Å². The van der Waals surface area contributed by atoms with E-state index in [2.05, 4.69) is 12.2 Å². The molecule has 0 heterocycles. The van der Waals surface area contributed by atoms with Crippen molar-refractivity contribution in [2.75, 3.05) is 27.9 Å². The fourth-order valence-corrected chi connectivity index (χ4v) is 5.56. The number of amides is 1.